The average Bonchev–Trinajstić information content (AvgIpc) is 2.64. The maximum atomic E-state index is 12.4. The molecule has 0 saturated carbocycles. The maximum Gasteiger partial charge on any atom is 0.255 e. The number of rotatable bonds is 6. The number of sulfonamides is 1. The van der Waals surface area contributed by atoms with Gasteiger partial charge < -0.3 is 15.0 Å². The highest BCUT2D eigenvalue weighted by molar-refractivity contribution is 7.92. The fraction of sp³-hybridized carbons (Fsp3) is 0.350. The molecule has 1 amide bonds. The molecule has 0 bridgehead atoms. The second-order valence-corrected chi connectivity index (χ2v) is 8.80. The number of nitrogens with zero attached hydrogens (tertiary/aromatic N) is 1. The Morgan fingerprint density at radius 1 is 1.00 bits per heavy atom. The summed E-state index contributed by atoms with van der Waals surface area (Å²) in [5, 5.41) is 2.82. The molecule has 2 aromatic rings. The van der Waals surface area contributed by atoms with Crippen molar-refractivity contribution < 1.29 is 17.9 Å². The van der Waals surface area contributed by atoms with Gasteiger partial charge in [-0.05, 0) is 68.4 Å². The van der Waals surface area contributed by atoms with Gasteiger partial charge in [0.25, 0.3) is 5.91 Å². The van der Waals surface area contributed by atoms with Crippen molar-refractivity contribution in [2.45, 2.75) is 18.9 Å². The minimum Gasteiger partial charge on any atom is -0.490 e. The van der Waals surface area contributed by atoms with Crippen LogP contribution in [-0.4, -0.2) is 51.7 Å². The molecule has 1 aliphatic heterocycles. The minimum atomic E-state index is -3.34. The molecule has 2 N–H and O–H groups in total. The van der Waals surface area contributed by atoms with Crippen molar-refractivity contribution >= 4 is 27.3 Å². The van der Waals surface area contributed by atoms with Gasteiger partial charge in [-0.3, -0.25) is 9.52 Å². The van der Waals surface area contributed by atoms with Crippen molar-refractivity contribution in [3.63, 3.8) is 0 Å². The van der Waals surface area contributed by atoms with Crippen LogP contribution in [-0.2, 0) is 10.0 Å². The highest BCUT2D eigenvalue weighted by atomic mass is 32.2. The van der Waals surface area contributed by atoms with Crippen molar-refractivity contribution in [3.8, 4) is 5.75 Å². The number of amides is 1. The van der Waals surface area contributed by atoms with E-state index in [1.54, 1.807) is 24.3 Å². The Labute approximate surface area is 165 Å². The molecule has 0 aliphatic carbocycles. The molecule has 8 heteroatoms. The first-order valence-corrected chi connectivity index (χ1v) is 11.0. The van der Waals surface area contributed by atoms with Gasteiger partial charge in [0.2, 0.25) is 10.0 Å². The molecule has 1 saturated heterocycles. The summed E-state index contributed by atoms with van der Waals surface area (Å²) in [4.78, 5) is 14.7. The van der Waals surface area contributed by atoms with Crippen LogP contribution >= 0.6 is 0 Å². The molecule has 150 valence electrons. The van der Waals surface area contributed by atoms with E-state index in [1.807, 2.05) is 24.3 Å². The normalized spacial score (nSPS) is 15.8. The molecule has 0 spiro atoms. The van der Waals surface area contributed by atoms with Gasteiger partial charge in [0.1, 0.15) is 11.9 Å². The molecule has 0 radical (unpaired) electrons. The third kappa shape index (κ3) is 5.97. The van der Waals surface area contributed by atoms with Gasteiger partial charge in [0.15, 0.2) is 0 Å². The molecule has 7 nitrogen and oxygen atoms in total. The van der Waals surface area contributed by atoms with Crippen LogP contribution in [0.2, 0.25) is 0 Å². The summed E-state index contributed by atoms with van der Waals surface area (Å²) in [6, 6.07) is 13.6. The first kappa shape index (κ1) is 20.2. The van der Waals surface area contributed by atoms with Crippen molar-refractivity contribution in [1.29, 1.82) is 0 Å². The van der Waals surface area contributed by atoms with E-state index in [0.29, 0.717) is 16.9 Å². The van der Waals surface area contributed by atoms with Gasteiger partial charge in [-0.2, -0.15) is 0 Å². The number of carbonyl (C=O) groups is 1. The van der Waals surface area contributed by atoms with Gasteiger partial charge in [-0.15, -0.1) is 0 Å². The van der Waals surface area contributed by atoms with E-state index in [1.165, 1.54) is 0 Å². The van der Waals surface area contributed by atoms with Crippen molar-refractivity contribution in [1.82, 2.24) is 4.90 Å². The summed E-state index contributed by atoms with van der Waals surface area (Å²) in [5.41, 5.74) is 1.51. The summed E-state index contributed by atoms with van der Waals surface area (Å²) >= 11 is 0. The van der Waals surface area contributed by atoms with E-state index in [-0.39, 0.29) is 12.0 Å². The third-order valence-electron chi connectivity index (χ3n) is 4.53. The number of anilines is 2. The lowest BCUT2D eigenvalue weighted by Crippen LogP contribution is -2.35. The molecular formula is C20H25N3O4S. The SMILES string of the molecule is CN1CCC(Oc2ccc(NC(=O)c3ccc(NS(C)(=O)=O)cc3)cc2)CC1. The monoisotopic (exact) mass is 403 g/mol. The zero-order chi connectivity index (χ0) is 20.1. The fourth-order valence-corrected chi connectivity index (χ4v) is 3.58. The molecule has 0 aromatic heterocycles. The van der Waals surface area contributed by atoms with Crippen LogP contribution in [0.1, 0.15) is 23.2 Å². The molecule has 1 heterocycles. The molecule has 28 heavy (non-hydrogen) atoms. The molecule has 3 rings (SSSR count). The second kappa shape index (κ2) is 8.62. The van der Waals surface area contributed by atoms with E-state index in [2.05, 4.69) is 22.0 Å². The fourth-order valence-electron chi connectivity index (χ4n) is 3.02. The number of hydrogen-bond acceptors (Lipinski definition) is 5. The number of benzene rings is 2. The quantitative estimate of drug-likeness (QED) is 0.774. The predicted octanol–water partition coefficient (Wildman–Crippen LogP) is 2.78. The molecule has 1 fully saturated rings. The lowest BCUT2D eigenvalue weighted by atomic mass is 10.1. The lowest BCUT2D eigenvalue weighted by Gasteiger charge is -2.29. The van der Waals surface area contributed by atoms with E-state index >= 15 is 0 Å². The maximum absolute atomic E-state index is 12.4. The topological polar surface area (TPSA) is 87.7 Å². The lowest BCUT2D eigenvalue weighted by molar-refractivity contribution is 0.102. The highest BCUT2D eigenvalue weighted by Crippen LogP contribution is 2.21. The van der Waals surface area contributed by atoms with Crippen molar-refractivity contribution in [2.75, 3.05) is 36.4 Å². The Morgan fingerprint density at radius 3 is 2.14 bits per heavy atom. The van der Waals surface area contributed by atoms with Crippen LogP contribution < -0.4 is 14.8 Å². The third-order valence-corrected chi connectivity index (χ3v) is 5.14. The Bertz CT molecular complexity index is 903. The number of hydrogen-bond donors (Lipinski definition) is 2. The second-order valence-electron chi connectivity index (χ2n) is 7.05. The number of piperidine rings is 1. The summed E-state index contributed by atoms with van der Waals surface area (Å²) in [5.74, 6) is 0.527. The summed E-state index contributed by atoms with van der Waals surface area (Å²) in [7, 11) is -1.23. The zero-order valence-corrected chi connectivity index (χ0v) is 16.8. The zero-order valence-electron chi connectivity index (χ0n) is 16.0. The Balaban J connectivity index is 1.55. The van der Waals surface area contributed by atoms with Gasteiger partial charge in [-0.25, -0.2) is 8.42 Å². The largest absolute Gasteiger partial charge is 0.490 e. The van der Waals surface area contributed by atoms with Gasteiger partial charge in [0.05, 0.1) is 6.26 Å². The van der Waals surface area contributed by atoms with Crippen LogP contribution in [0.5, 0.6) is 5.75 Å². The van der Waals surface area contributed by atoms with Crippen molar-refractivity contribution in [2.24, 2.45) is 0 Å². The van der Waals surface area contributed by atoms with Gasteiger partial charge in [0, 0.05) is 30.0 Å². The Kier molecular flexibility index (Phi) is 6.21. The molecule has 0 unspecified atom stereocenters. The van der Waals surface area contributed by atoms with Gasteiger partial charge >= 0.3 is 0 Å². The van der Waals surface area contributed by atoms with Crippen LogP contribution in [0, 0.1) is 0 Å². The number of nitrogens with one attached hydrogen (secondary N) is 2. The first-order chi connectivity index (χ1) is 13.3. The Hall–Kier alpha value is -2.58. The number of ether oxygens (including phenoxy) is 1. The van der Waals surface area contributed by atoms with Crippen LogP contribution in [0.3, 0.4) is 0 Å². The average molecular weight is 404 g/mol. The minimum absolute atomic E-state index is 0.232. The van der Waals surface area contributed by atoms with Crippen molar-refractivity contribution in [3.05, 3.63) is 54.1 Å². The highest BCUT2D eigenvalue weighted by Gasteiger charge is 2.18. The molecule has 2 aromatic carbocycles. The first-order valence-electron chi connectivity index (χ1n) is 9.13. The number of carbonyl (C=O) groups excluding carboxylic acids is 1. The van der Waals surface area contributed by atoms with E-state index in [0.717, 1.165) is 37.9 Å². The van der Waals surface area contributed by atoms with E-state index < -0.39 is 10.0 Å². The molecule has 1 aliphatic rings. The molecule has 0 atom stereocenters. The summed E-state index contributed by atoms with van der Waals surface area (Å²) in [6.07, 6.45) is 3.34. The molecular weight excluding hydrogens is 378 g/mol. The Morgan fingerprint density at radius 2 is 1.57 bits per heavy atom. The van der Waals surface area contributed by atoms with E-state index in [4.69, 9.17) is 4.74 Å². The van der Waals surface area contributed by atoms with Crippen LogP contribution in [0.4, 0.5) is 11.4 Å². The smallest absolute Gasteiger partial charge is 0.255 e. The van der Waals surface area contributed by atoms with E-state index in [9.17, 15) is 13.2 Å². The van der Waals surface area contributed by atoms with Gasteiger partial charge in [-0.1, -0.05) is 0 Å². The van der Waals surface area contributed by atoms with Crippen LogP contribution in [0.15, 0.2) is 48.5 Å². The predicted molar refractivity (Wildman–Crippen MR) is 110 cm³/mol. The summed E-state index contributed by atoms with van der Waals surface area (Å²) in [6.45, 7) is 2.08. The number of likely N-dealkylation sites (tertiary alicyclic amines) is 1. The standard InChI is InChI=1S/C20H25N3O4S/c1-23-13-11-19(12-14-23)27-18-9-7-16(8-10-18)21-20(24)15-3-5-17(6-4-15)22-28(2,25)26/h3-10,19,22H,11-14H2,1-2H3,(H,21,24). The summed E-state index contributed by atoms with van der Waals surface area (Å²) < 4.78 is 30.8. The van der Waals surface area contributed by atoms with Crippen LogP contribution in [0.25, 0.3) is 0 Å².